The zero-order valence-corrected chi connectivity index (χ0v) is 17.7. The molecule has 0 bridgehead atoms. The molecule has 0 unspecified atom stereocenters. The van der Waals surface area contributed by atoms with E-state index in [2.05, 4.69) is 5.32 Å². The molecule has 0 saturated carbocycles. The number of carbonyl (C=O) groups is 2. The van der Waals surface area contributed by atoms with Gasteiger partial charge in [0.25, 0.3) is 5.91 Å². The quantitative estimate of drug-likeness (QED) is 0.768. The normalized spacial score (nSPS) is 12.2. The van der Waals surface area contributed by atoms with Crippen molar-refractivity contribution in [3.63, 3.8) is 0 Å². The van der Waals surface area contributed by atoms with Gasteiger partial charge in [0, 0.05) is 17.6 Å². The van der Waals surface area contributed by atoms with Crippen molar-refractivity contribution >= 4 is 11.8 Å². The number of carbonyl (C=O) groups excluding carboxylic acids is 2. The molecule has 29 heavy (non-hydrogen) atoms. The Morgan fingerprint density at radius 1 is 1.10 bits per heavy atom. The van der Waals surface area contributed by atoms with Crippen LogP contribution in [0.1, 0.15) is 38.8 Å². The number of amides is 2. The summed E-state index contributed by atoms with van der Waals surface area (Å²) in [6.45, 7) is 8.84. The maximum atomic E-state index is 14.2. The molecule has 0 fully saturated rings. The average molecular weight is 400 g/mol. The van der Waals surface area contributed by atoms with Gasteiger partial charge in [-0.1, -0.05) is 36.4 Å². The van der Waals surface area contributed by atoms with Gasteiger partial charge in [0.1, 0.15) is 17.6 Å². The molecule has 0 radical (unpaired) electrons. The SMILES string of the molecule is Cc1ccccc1OCC(=O)N(Cc1ccccc1F)[C@@H](C)C(=O)NC(C)(C)C. The first-order chi connectivity index (χ1) is 13.6. The molecule has 1 N–H and O–H groups in total. The van der Waals surface area contributed by atoms with Crippen molar-refractivity contribution in [3.8, 4) is 5.75 Å². The minimum atomic E-state index is -0.790. The van der Waals surface area contributed by atoms with Gasteiger partial charge in [0.2, 0.25) is 5.91 Å². The summed E-state index contributed by atoms with van der Waals surface area (Å²) >= 11 is 0. The van der Waals surface area contributed by atoms with Crippen LogP contribution in [0.25, 0.3) is 0 Å². The van der Waals surface area contributed by atoms with Crippen molar-refractivity contribution in [2.75, 3.05) is 6.61 Å². The molecule has 0 aliphatic carbocycles. The second-order valence-corrected chi connectivity index (χ2v) is 8.08. The molecule has 5 nitrogen and oxygen atoms in total. The van der Waals surface area contributed by atoms with E-state index in [0.29, 0.717) is 11.3 Å². The first kappa shape index (κ1) is 22.4. The van der Waals surface area contributed by atoms with E-state index in [1.54, 1.807) is 31.2 Å². The van der Waals surface area contributed by atoms with E-state index in [9.17, 15) is 14.0 Å². The second-order valence-electron chi connectivity index (χ2n) is 8.08. The van der Waals surface area contributed by atoms with Crippen molar-refractivity contribution in [1.82, 2.24) is 10.2 Å². The Labute approximate surface area is 171 Å². The minimum absolute atomic E-state index is 0.0264. The number of hydrogen-bond donors (Lipinski definition) is 1. The summed E-state index contributed by atoms with van der Waals surface area (Å²) in [4.78, 5) is 27.0. The first-order valence-corrected chi connectivity index (χ1v) is 9.62. The van der Waals surface area contributed by atoms with Crippen LogP contribution >= 0.6 is 0 Å². The summed E-state index contributed by atoms with van der Waals surface area (Å²) in [6.07, 6.45) is 0. The minimum Gasteiger partial charge on any atom is -0.484 e. The van der Waals surface area contributed by atoms with Crippen LogP contribution in [0.5, 0.6) is 5.75 Å². The molecule has 1 atom stereocenters. The molecule has 2 rings (SSSR count). The first-order valence-electron chi connectivity index (χ1n) is 9.62. The number of hydrogen-bond acceptors (Lipinski definition) is 3. The number of aryl methyl sites for hydroxylation is 1. The van der Waals surface area contributed by atoms with Gasteiger partial charge >= 0.3 is 0 Å². The molecule has 0 spiro atoms. The van der Waals surface area contributed by atoms with E-state index in [1.807, 2.05) is 45.9 Å². The zero-order valence-electron chi connectivity index (χ0n) is 17.7. The molecule has 2 aromatic rings. The summed E-state index contributed by atoms with van der Waals surface area (Å²) in [5.74, 6) is -0.529. The molecule has 2 aromatic carbocycles. The van der Waals surface area contributed by atoms with Crippen molar-refractivity contribution < 1.29 is 18.7 Å². The fourth-order valence-electron chi connectivity index (χ4n) is 2.81. The van der Waals surface area contributed by atoms with Gasteiger partial charge in [-0.25, -0.2) is 4.39 Å². The number of nitrogens with one attached hydrogen (secondary N) is 1. The molecule has 0 aliphatic heterocycles. The van der Waals surface area contributed by atoms with Crippen molar-refractivity contribution in [2.45, 2.75) is 52.7 Å². The lowest BCUT2D eigenvalue weighted by molar-refractivity contribution is -0.142. The lowest BCUT2D eigenvalue weighted by atomic mass is 10.1. The number of ether oxygens (including phenoxy) is 1. The lowest BCUT2D eigenvalue weighted by Gasteiger charge is -2.31. The Bertz CT molecular complexity index is 861. The van der Waals surface area contributed by atoms with Gasteiger partial charge in [-0.15, -0.1) is 0 Å². The van der Waals surface area contributed by atoms with Gasteiger partial charge in [0.05, 0.1) is 0 Å². The third-order valence-electron chi connectivity index (χ3n) is 4.41. The largest absolute Gasteiger partial charge is 0.484 e. The van der Waals surface area contributed by atoms with Crippen LogP contribution in [0, 0.1) is 12.7 Å². The highest BCUT2D eigenvalue weighted by Crippen LogP contribution is 2.18. The van der Waals surface area contributed by atoms with Crippen LogP contribution in [0.2, 0.25) is 0 Å². The fraction of sp³-hybridized carbons (Fsp3) is 0.391. The van der Waals surface area contributed by atoms with E-state index in [1.165, 1.54) is 11.0 Å². The monoisotopic (exact) mass is 400 g/mol. The van der Waals surface area contributed by atoms with Crippen LogP contribution in [-0.2, 0) is 16.1 Å². The van der Waals surface area contributed by atoms with Gasteiger partial charge in [0.15, 0.2) is 6.61 Å². The highest BCUT2D eigenvalue weighted by molar-refractivity contribution is 5.88. The van der Waals surface area contributed by atoms with E-state index < -0.39 is 23.3 Å². The highest BCUT2D eigenvalue weighted by atomic mass is 19.1. The molecule has 156 valence electrons. The van der Waals surface area contributed by atoms with Crippen LogP contribution < -0.4 is 10.1 Å². The maximum Gasteiger partial charge on any atom is 0.261 e. The van der Waals surface area contributed by atoms with Crippen LogP contribution in [0.3, 0.4) is 0 Å². The van der Waals surface area contributed by atoms with Gasteiger partial charge in [-0.3, -0.25) is 9.59 Å². The summed E-state index contributed by atoms with van der Waals surface area (Å²) in [6, 6.07) is 12.8. The topological polar surface area (TPSA) is 58.6 Å². The zero-order chi connectivity index (χ0) is 21.6. The second kappa shape index (κ2) is 9.54. The van der Waals surface area contributed by atoms with Crippen LogP contribution in [-0.4, -0.2) is 34.9 Å². The third kappa shape index (κ3) is 6.59. The van der Waals surface area contributed by atoms with Crippen LogP contribution in [0.15, 0.2) is 48.5 Å². The van der Waals surface area contributed by atoms with E-state index in [0.717, 1.165) is 5.56 Å². The molecule has 2 amide bonds. The number of para-hydroxylation sites is 1. The van der Waals surface area contributed by atoms with Crippen LogP contribution in [0.4, 0.5) is 4.39 Å². The Morgan fingerprint density at radius 3 is 2.34 bits per heavy atom. The molecule has 0 saturated heterocycles. The Hall–Kier alpha value is -2.89. The number of halogens is 1. The summed E-state index contributed by atoms with van der Waals surface area (Å²) < 4.78 is 19.8. The standard InChI is InChI=1S/C23H29FN2O3/c1-16-10-6-9-13-20(16)29-15-21(27)26(14-18-11-7-8-12-19(18)24)17(2)22(28)25-23(3,4)5/h6-13,17H,14-15H2,1-5H3,(H,25,28)/t17-/m0/s1. The van der Waals surface area contributed by atoms with Crippen molar-refractivity contribution in [3.05, 3.63) is 65.5 Å². The van der Waals surface area contributed by atoms with Crippen molar-refractivity contribution in [2.24, 2.45) is 0 Å². The predicted octanol–water partition coefficient (Wildman–Crippen LogP) is 3.84. The van der Waals surface area contributed by atoms with E-state index >= 15 is 0 Å². The number of benzene rings is 2. The van der Waals surface area contributed by atoms with E-state index in [-0.39, 0.29) is 19.1 Å². The number of nitrogens with zero attached hydrogens (tertiary/aromatic N) is 1. The summed E-state index contributed by atoms with van der Waals surface area (Å²) in [5.41, 5.74) is 0.794. The highest BCUT2D eigenvalue weighted by Gasteiger charge is 2.29. The molecular formula is C23H29FN2O3. The number of rotatable bonds is 7. The lowest BCUT2D eigenvalue weighted by Crippen LogP contribution is -2.53. The van der Waals surface area contributed by atoms with Crippen molar-refractivity contribution in [1.29, 1.82) is 0 Å². The predicted molar refractivity (Wildman–Crippen MR) is 111 cm³/mol. The molecule has 6 heteroatoms. The molecule has 0 aliphatic rings. The maximum absolute atomic E-state index is 14.2. The smallest absolute Gasteiger partial charge is 0.261 e. The molecule has 0 heterocycles. The van der Waals surface area contributed by atoms with Gasteiger partial charge in [-0.05, 0) is 52.3 Å². The van der Waals surface area contributed by atoms with Gasteiger partial charge in [-0.2, -0.15) is 0 Å². The average Bonchev–Trinajstić information content (AvgIpc) is 2.64. The Morgan fingerprint density at radius 2 is 1.72 bits per heavy atom. The molecule has 0 aromatic heterocycles. The summed E-state index contributed by atoms with van der Waals surface area (Å²) in [5, 5.41) is 2.87. The fourth-order valence-corrected chi connectivity index (χ4v) is 2.81. The molecular weight excluding hydrogens is 371 g/mol. The Kier molecular flexibility index (Phi) is 7.37. The Balaban J connectivity index is 2.20. The summed E-state index contributed by atoms with van der Waals surface area (Å²) in [7, 11) is 0. The van der Waals surface area contributed by atoms with Gasteiger partial charge < -0.3 is 15.0 Å². The van der Waals surface area contributed by atoms with E-state index in [4.69, 9.17) is 4.74 Å². The third-order valence-corrected chi connectivity index (χ3v) is 4.41.